The normalized spacial score (nSPS) is 17.6. The van der Waals surface area contributed by atoms with Crippen LogP contribution in [0.2, 0.25) is 0 Å². The molecule has 0 aromatic heterocycles. The molecule has 204 valence electrons. The molecule has 7 N–H and O–H groups in total. The van der Waals surface area contributed by atoms with E-state index >= 15 is 0 Å². The minimum Gasteiger partial charge on any atom is -0.508 e. The molecule has 1 aromatic carbocycles. The first-order valence-electron chi connectivity index (χ1n) is 12.3. The van der Waals surface area contributed by atoms with Gasteiger partial charge < -0.3 is 36.6 Å². The molecule has 1 fully saturated rings. The minimum atomic E-state index is -1.41. The summed E-state index contributed by atoms with van der Waals surface area (Å²) in [6.45, 7) is 4.06. The van der Waals surface area contributed by atoms with Crippen molar-refractivity contribution in [3.05, 3.63) is 29.8 Å². The summed E-state index contributed by atoms with van der Waals surface area (Å²) in [5.41, 5.74) is 6.67. The van der Waals surface area contributed by atoms with Gasteiger partial charge in [0.2, 0.25) is 17.7 Å². The van der Waals surface area contributed by atoms with Gasteiger partial charge in [-0.25, -0.2) is 4.79 Å². The van der Waals surface area contributed by atoms with Crippen molar-refractivity contribution in [1.29, 1.82) is 0 Å². The summed E-state index contributed by atoms with van der Waals surface area (Å²) in [4.78, 5) is 63.0. The predicted octanol–water partition coefficient (Wildman–Crippen LogP) is 0.218. The maximum absolute atomic E-state index is 13.6. The van der Waals surface area contributed by atoms with Crippen LogP contribution in [0.1, 0.15) is 51.5 Å². The molecule has 12 nitrogen and oxygen atoms in total. The Morgan fingerprint density at radius 1 is 1.05 bits per heavy atom. The lowest BCUT2D eigenvalue weighted by Crippen LogP contribution is -2.57. The summed E-state index contributed by atoms with van der Waals surface area (Å²) >= 11 is 0. The van der Waals surface area contributed by atoms with Crippen LogP contribution in [0.25, 0.3) is 0 Å². The van der Waals surface area contributed by atoms with Crippen molar-refractivity contribution in [2.24, 2.45) is 11.7 Å². The third kappa shape index (κ3) is 9.05. The third-order valence-electron chi connectivity index (χ3n) is 6.15. The molecule has 1 aliphatic rings. The number of carboxylic acid groups (broad SMARTS) is 2. The maximum Gasteiger partial charge on any atom is 0.326 e. The van der Waals surface area contributed by atoms with Crippen LogP contribution in [-0.4, -0.2) is 80.6 Å². The highest BCUT2D eigenvalue weighted by atomic mass is 16.4. The number of phenols is 1. The molecule has 0 aliphatic carbocycles. The fourth-order valence-corrected chi connectivity index (χ4v) is 4.26. The van der Waals surface area contributed by atoms with Gasteiger partial charge in [0.05, 0.1) is 6.04 Å². The van der Waals surface area contributed by atoms with Crippen LogP contribution >= 0.6 is 0 Å². The average Bonchev–Trinajstić information content (AvgIpc) is 3.31. The number of likely N-dealkylation sites (tertiary alicyclic amines) is 1. The first-order valence-corrected chi connectivity index (χ1v) is 12.3. The Morgan fingerprint density at radius 2 is 1.70 bits per heavy atom. The number of carboxylic acids is 2. The number of aliphatic carboxylic acids is 2. The van der Waals surface area contributed by atoms with Gasteiger partial charge in [-0.05, 0) is 49.3 Å². The lowest BCUT2D eigenvalue weighted by atomic mass is 10.0. The van der Waals surface area contributed by atoms with Crippen LogP contribution < -0.4 is 16.4 Å². The van der Waals surface area contributed by atoms with Crippen LogP contribution in [-0.2, 0) is 30.4 Å². The predicted molar refractivity (Wildman–Crippen MR) is 132 cm³/mol. The summed E-state index contributed by atoms with van der Waals surface area (Å²) in [7, 11) is 0. The van der Waals surface area contributed by atoms with Crippen molar-refractivity contribution < 1.29 is 39.3 Å². The van der Waals surface area contributed by atoms with Crippen molar-refractivity contribution >= 4 is 29.7 Å². The first-order chi connectivity index (χ1) is 17.4. The van der Waals surface area contributed by atoms with Crippen LogP contribution in [0.3, 0.4) is 0 Å². The summed E-state index contributed by atoms with van der Waals surface area (Å²) in [5.74, 6) is -4.10. The Bertz CT molecular complexity index is 981. The largest absolute Gasteiger partial charge is 0.508 e. The number of phenolic OH excluding ortho intramolecular Hbond substituents is 1. The zero-order valence-corrected chi connectivity index (χ0v) is 21.1. The van der Waals surface area contributed by atoms with Gasteiger partial charge >= 0.3 is 11.9 Å². The van der Waals surface area contributed by atoms with E-state index in [1.54, 1.807) is 12.1 Å². The number of nitrogens with one attached hydrogen (secondary N) is 2. The van der Waals surface area contributed by atoms with Crippen LogP contribution in [0.15, 0.2) is 24.3 Å². The van der Waals surface area contributed by atoms with Gasteiger partial charge in [-0.3, -0.25) is 19.2 Å². The number of carbonyl (C=O) groups excluding carboxylic acids is 3. The maximum atomic E-state index is 13.6. The Kier molecular flexibility index (Phi) is 10.9. The zero-order chi connectivity index (χ0) is 27.7. The molecule has 2 rings (SSSR count). The monoisotopic (exact) mass is 520 g/mol. The quantitative estimate of drug-likeness (QED) is 0.210. The summed E-state index contributed by atoms with van der Waals surface area (Å²) < 4.78 is 0. The number of nitrogens with two attached hydrogens (primary N) is 1. The van der Waals surface area contributed by atoms with Crippen molar-refractivity contribution in [3.63, 3.8) is 0 Å². The van der Waals surface area contributed by atoms with Crippen LogP contribution in [0.4, 0.5) is 0 Å². The SMILES string of the molecule is CC(C)CC(N)C(=O)NC(Cc1ccc(O)cc1)C(=O)N1CCCC1C(=O)NC(CCC(=O)O)C(=O)O. The molecule has 0 spiro atoms. The molecular weight excluding hydrogens is 484 g/mol. The highest BCUT2D eigenvalue weighted by Crippen LogP contribution is 2.21. The Hall–Kier alpha value is -3.67. The lowest BCUT2D eigenvalue weighted by Gasteiger charge is -2.30. The molecule has 1 saturated heterocycles. The van der Waals surface area contributed by atoms with Crippen molar-refractivity contribution in [3.8, 4) is 5.75 Å². The van der Waals surface area contributed by atoms with E-state index in [9.17, 15) is 34.2 Å². The van der Waals surface area contributed by atoms with E-state index in [1.165, 1.54) is 17.0 Å². The highest BCUT2D eigenvalue weighted by molar-refractivity contribution is 5.94. The molecule has 1 aromatic rings. The molecule has 0 bridgehead atoms. The molecule has 1 aliphatic heterocycles. The van der Waals surface area contributed by atoms with Gasteiger partial charge in [-0.1, -0.05) is 26.0 Å². The van der Waals surface area contributed by atoms with E-state index in [-0.39, 0.29) is 37.5 Å². The zero-order valence-electron chi connectivity index (χ0n) is 21.1. The Labute approximate surface area is 215 Å². The molecule has 37 heavy (non-hydrogen) atoms. The molecule has 1 heterocycles. The van der Waals surface area contributed by atoms with E-state index in [2.05, 4.69) is 10.6 Å². The smallest absolute Gasteiger partial charge is 0.326 e. The van der Waals surface area contributed by atoms with Gasteiger partial charge in [0, 0.05) is 19.4 Å². The molecule has 3 amide bonds. The molecule has 4 unspecified atom stereocenters. The second-order valence-corrected chi connectivity index (χ2v) is 9.69. The first kappa shape index (κ1) is 29.6. The van der Waals surface area contributed by atoms with E-state index < -0.39 is 60.2 Å². The van der Waals surface area contributed by atoms with Crippen molar-refractivity contribution in [2.45, 2.75) is 76.5 Å². The van der Waals surface area contributed by atoms with Crippen LogP contribution in [0.5, 0.6) is 5.75 Å². The van der Waals surface area contributed by atoms with Gasteiger partial charge in [-0.2, -0.15) is 0 Å². The highest BCUT2D eigenvalue weighted by Gasteiger charge is 2.39. The summed E-state index contributed by atoms with van der Waals surface area (Å²) in [5, 5.41) is 32.8. The molecule has 0 radical (unpaired) electrons. The van der Waals surface area contributed by atoms with Crippen LogP contribution in [0, 0.1) is 5.92 Å². The standard InChI is InChI=1S/C25H36N4O8/c1-14(2)12-17(26)22(33)28-19(13-15-5-7-16(30)8-6-15)24(35)29-11-3-4-20(29)23(34)27-18(25(36)37)9-10-21(31)32/h5-8,14,17-20,30H,3-4,9-13,26H2,1-2H3,(H,27,34)(H,28,33)(H,31,32)(H,36,37). The summed E-state index contributed by atoms with van der Waals surface area (Å²) in [6.07, 6.45) is 0.527. The topological polar surface area (TPSA) is 199 Å². The second kappa shape index (κ2) is 13.6. The molecule has 4 atom stereocenters. The molecular formula is C25H36N4O8. The number of nitrogens with zero attached hydrogens (tertiary/aromatic N) is 1. The number of carbonyl (C=O) groups is 5. The van der Waals surface area contributed by atoms with E-state index in [1.807, 2.05) is 13.8 Å². The molecule has 12 heteroatoms. The third-order valence-corrected chi connectivity index (χ3v) is 6.15. The Morgan fingerprint density at radius 3 is 2.27 bits per heavy atom. The fraction of sp³-hybridized carbons (Fsp3) is 0.560. The van der Waals surface area contributed by atoms with E-state index in [4.69, 9.17) is 10.8 Å². The van der Waals surface area contributed by atoms with Gasteiger partial charge in [0.25, 0.3) is 0 Å². The number of amides is 3. The van der Waals surface area contributed by atoms with E-state index in [0.29, 0.717) is 18.4 Å². The number of benzene rings is 1. The number of aromatic hydroxyl groups is 1. The van der Waals surface area contributed by atoms with Gasteiger partial charge in [0.1, 0.15) is 23.9 Å². The van der Waals surface area contributed by atoms with E-state index in [0.717, 1.165) is 0 Å². The van der Waals surface area contributed by atoms with Gasteiger partial charge in [-0.15, -0.1) is 0 Å². The number of hydrogen-bond donors (Lipinski definition) is 6. The Balaban J connectivity index is 2.21. The molecule has 0 saturated carbocycles. The lowest BCUT2D eigenvalue weighted by molar-refractivity contribution is -0.145. The van der Waals surface area contributed by atoms with Crippen molar-refractivity contribution in [2.75, 3.05) is 6.54 Å². The minimum absolute atomic E-state index is 0.0433. The average molecular weight is 521 g/mol. The van der Waals surface area contributed by atoms with Crippen molar-refractivity contribution in [1.82, 2.24) is 15.5 Å². The number of rotatable bonds is 13. The fourth-order valence-electron chi connectivity index (χ4n) is 4.26. The number of hydrogen-bond acceptors (Lipinski definition) is 7. The second-order valence-electron chi connectivity index (χ2n) is 9.69. The summed E-state index contributed by atoms with van der Waals surface area (Å²) in [6, 6.07) is 1.87. The van der Waals surface area contributed by atoms with Gasteiger partial charge in [0.15, 0.2) is 0 Å².